The predicted octanol–water partition coefficient (Wildman–Crippen LogP) is 2.01. The highest BCUT2D eigenvalue weighted by Gasteiger charge is 2.30. The van der Waals surface area contributed by atoms with E-state index in [4.69, 9.17) is 16.3 Å². The van der Waals surface area contributed by atoms with Crippen molar-refractivity contribution in [3.05, 3.63) is 56.7 Å². The first-order chi connectivity index (χ1) is 12.9. The van der Waals surface area contributed by atoms with Crippen molar-refractivity contribution in [2.45, 2.75) is 6.54 Å². The fraction of sp³-hybridized carbons (Fsp3) is 0.143. The van der Waals surface area contributed by atoms with Crippen molar-refractivity contribution in [2.75, 3.05) is 12.4 Å². The second kappa shape index (κ2) is 7.37. The number of hydrogen-bond acceptors (Lipinski definition) is 7. The van der Waals surface area contributed by atoms with Gasteiger partial charge < -0.3 is 4.74 Å². The van der Waals surface area contributed by atoms with Crippen LogP contribution in [0.2, 0.25) is 5.02 Å². The molecule has 0 aliphatic heterocycles. The zero-order valence-electron chi connectivity index (χ0n) is 13.6. The van der Waals surface area contributed by atoms with Crippen molar-refractivity contribution >= 4 is 29.1 Å². The average molecular weight is 396 g/mol. The first kappa shape index (κ1) is 18.3. The largest absolute Gasteiger partial charge is 0.475 e. The molecule has 0 atom stereocenters. The fourth-order valence-corrected chi connectivity index (χ4v) is 2.43. The summed E-state index contributed by atoms with van der Waals surface area (Å²) in [6, 6.07) is 3.92. The molecule has 0 aliphatic carbocycles. The van der Waals surface area contributed by atoms with Crippen LogP contribution in [0.3, 0.4) is 0 Å². The molecule has 3 aromatic rings. The summed E-state index contributed by atoms with van der Waals surface area (Å²) >= 11 is 5.96. The van der Waals surface area contributed by atoms with Gasteiger partial charge in [0.05, 0.1) is 18.6 Å². The van der Waals surface area contributed by atoms with Gasteiger partial charge in [-0.15, -0.1) is 10.2 Å². The summed E-state index contributed by atoms with van der Waals surface area (Å²) in [5.41, 5.74) is -0.419. The van der Waals surface area contributed by atoms with E-state index in [2.05, 4.69) is 25.6 Å². The number of halogens is 2. The van der Waals surface area contributed by atoms with Gasteiger partial charge in [-0.2, -0.15) is 0 Å². The standard InChI is InChI=1S/C14H11ClFN7O4/c1-27-13-11(23(25)26)10(19-20-13)12(24)18-14-17-6-22(21-14)5-7-2-3-8(16)4-9(7)15/h2-4,6H,5H2,1H3,(H,19,20)(H,18,21,24). The Balaban J connectivity index is 1.75. The number of aromatic nitrogens is 5. The monoisotopic (exact) mass is 395 g/mol. The van der Waals surface area contributed by atoms with E-state index in [1.807, 2.05) is 0 Å². The lowest BCUT2D eigenvalue weighted by Crippen LogP contribution is -2.15. The van der Waals surface area contributed by atoms with Crippen LogP contribution in [0.4, 0.5) is 16.0 Å². The molecule has 27 heavy (non-hydrogen) atoms. The predicted molar refractivity (Wildman–Crippen MR) is 90.3 cm³/mol. The summed E-state index contributed by atoms with van der Waals surface area (Å²) in [6.45, 7) is 0.181. The van der Waals surface area contributed by atoms with Gasteiger partial charge in [0.15, 0.2) is 0 Å². The van der Waals surface area contributed by atoms with Crippen molar-refractivity contribution < 1.29 is 18.8 Å². The summed E-state index contributed by atoms with van der Waals surface area (Å²) in [7, 11) is 1.19. The molecule has 0 unspecified atom stereocenters. The van der Waals surface area contributed by atoms with Crippen LogP contribution in [-0.2, 0) is 6.54 Å². The number of nitrogens with one attached hydrogen (secondary N) is 2. The van der Waals surface area contributed by atoms with E-state index in [-0.39, 0.29) is 23.4 Å². The molecule has 0 bridgehead atoms. The maximum absolute atomic E-state index is 13.1. The van der Waals surface area contributed by atoms with E-state index in [9.17, 15) is 19.3 Å². The summed E-state index contributed by atoms with van der Waals surface area (Å²) in [4.78, 5) is 26.4. The van der Waals surface area contributed by atoms with E-state index >= 15 is 0 Å². The molecule has 1 aromatic carbocycles. The van der Waals surface area contributed by atoms with E-state index in [1.54, 1.807) is 0 Å². The Bertz CT molecular complexity index is 1020. The molecule has 0 saturated heterocycles. The molecule has 13 heteroatoms. The number of H-pyrrole nitrogens is 1. The van der Waals surface area contributed by atoms with E-state index in [0.29, 0.717) is 5.56 Å². The van der Waals surface area contributed by atoms with Crippen molar-refractivity contribution in [1.29, 1.82) is 0 Å². The Labute approximate surface area is 155 Å². The maximum atomic E-state index is 13.1. The first-order valence-electron chi connectivity index (χ1n) is 7.30. The zero-order chi connectivity index (χ0) is 19.6. The van der Waals surface area contributed by atoms with Crippen molar-refractivity contribution in [2.24, 2.45) is 0 Å². The molecule has 3 rings (SSSR count). The van der Waals surface area contributed by atoms with Gasteiger partial charge in [0.1, 0.15) is 12.1 Å². The zero-order valence-corrected chi connectivity index (χ0v) is 14.4. The number of benzene rings is 1. The molecule has 2 aromatic heterocycles. The second-order valence-corrected chi connectivity index (χ2v) is 5.58. The molecule has 2 N–H and O–H groups in total. The third-order valence-electron chi connectivity index (χ3n) is 3.42. The molecule has 0 spiro atoms. The van der Waals surface area contributed by atoms with Crippen molar-refractivity contribution in [3.8, 4) is 5.88 Å². The third-order valence-corrected chi connectivity index (χ3v) is 3.77. The Morgan fingerprint density at radius 2 is 2.30 bits per heavy atom. The molecule has 1 amide bonds. The summed E-state index contributed by atoms with van der Waals surface area (Å²) in [6.07, 6.45) is 1.32. The molecular formula is C14H11ClFN7O4. The van der Waals surface area contributed by atoms with E-state index in [1.165, 1.54) is 36.3 Å². The fourth-order valence-electron chi connectivity index (χ4n) is 2.21. The molecule has 0 aliphatic rings. The lowest BCUT2D eigenvalue weighted by atomic mass is 10.2. The van der Waals surface area contributed by atoms with Crippen LogP contribution in [0, 0.1) is 15.9 Å². The normalized spacial score (nSPS) is 10.6. The number of nitro groups is 1. The summed E-state index contributed by atoms with van der Waals surface area (Å²) in [5.74, 6) is -1.75. The minimum Gasteiger partial charge on any atom is -0.475 e. The topological polar surface area (TPSA) is 141 Å². The van der Waals surface area contributed by atoms with Gasteiger partial charge in [-0.25, -0.2) is 14.1 Å². The number of amides is 1. The van der Waals surface area contributed by atoms with Gasteiger partial charge in [0, 0.05) is 5.02 Å². The van der Waals surface area contributed by atoms with Crippen molar-refractivity contribution in [3.63, 3.8) is 0 Å². The number of carbonyl (C=O) groups is 1. The van der Waals surface area contributed by atoms with E-state index < -0.39 is 28.0 Å². The molecular weight excluding hydrogens is 385 g/mol. The molecule has 0 radical (unpaired) electrons. The first-order valence-corrected chi connectivity index (χ1v) is 7.68. The number of aromatic amines is 1. The van der Waals surface area contributed by atoms with Crippen LogP contribution in [-0.4, -0.2) is 42.9 Å². The lowest BCUT2D eigenvalue weighted by molar-refractivity contribution is -0.386. The van der Waals surface area contributed by atoms with Gasteiger partial charge in [0.2, 0.25) is 11.6 Å². The number of rotatable bonds is 6. The number of carbonyl (C=O) groups excluding carboxylic acids is 1. The minimum absolute atomic E-state index is 0.0962. The van der Waals surface area contributed by atoms with Crippen molar-refractivity contribution in [1.82, 2.24) is 25.0 Å². The Morgan fingerprint density at radius 3 is 2.96 bits per heavy atom. The highest BCUT2D eigenvalue weighted by Crippen LogP contribution is 2.28. The van der Waals surface area contributed by atoms with Crippen LogP contribution >= 0.6 is 11.6 Å². The van der Waals surface area contributed by atoms with Gasteiger partial charge in [-0.3, -0.25) is 25.3 Å². The molecule has 2 heterocycles. The maximum Gasteiger partial charge on any atom is 0.362 e. The van der Waals surface area contributed by atoms with Crippen LogP contribution in [0.25, 0.3) is 0 Å². The Hall–Kier alpha value is -3.54. The average Bonchev–Trinajstić information content (AvgIpc) is 3.23. The Morgan fingerprint density at radius 1 is 1.52 bits per heavy atom. The summed E-state index contributed by atoms with van der Waals surface area (Å²) < 4.78 is 19.2. The van der Waals surface area contributed by atoms with Crippen LogP contribution < -0.4 is 10.1 Å². The van der Waals surface area contributed by atoms with Crippen LogP contribution in [0.1, 0.15) is 16.1 Å². The van der Waals surface area contributed by atoms with Crippen LogP contribution in [0.15, 0.2) is 24.5 Å². The molecule has 11 nitrogen and oxygen atoms in total. The minimum atomic E-state index is -0.866. The molecule has 140 valence electrons. The van der Waals surface area contributed by atoms with Gasteiger partial charge in [-0.05, 0) is 17.7 Å². The van der Waals surface area contributed by atoms with E-state index in [0.717, 1.165) is 0 Å². The SMILES string of the molecule is COc1n[nH]c(C(=O)Nc2ncn(Cc3ccc(F)cc3Cl)n2)c1[N+](=O)[O-]. The second-order valence-electron chi connectivity index (χ2n) is 5.17. The highest BCUT2D eigenvalue weighted by atomic mass is 35.5. The number of hydrogen-bond donors (Lipinski definition) is 2. The van der Waals surface area contributed by atoms with Gasteiger partial charge in [0.25, 0.3) is 5.91 Å². The quantitative estimate of drug-likeness (QED) is 0.480. The lowest BCUT2D eigenvalue weighted by Gasteiger charge is -2.04. The Kier molecular flexibility index (Phi) is 4.98. The number of nitrogens with zero attached hydrogens (tertiary/aromatic N) is 5. The van der Waals surface area contributed by atoms with Crippen LogP contribution in [0.5, 0.6) is 5.88 Å². The molecule has 0 fully saturated rings. The smallest absolute Gasteiger partial charge is 0.362 e. The number of anilines is 1. The van der Waals surface area contributed by atoms with Gasteiger partial charge in [-0.1, -0.05) is 17.7 Å². The molecule has 0 saturated carbocycles. The number of methoxy groups -OCH3 is 1. The highest BCUT2D eigenvalue weighted by molar-refractivity contribution is 6.31. The summed E-state index contributed by atoms with van der Waals surface area (Å²) in [5, 5.41) is 23.4. The number of ether oxygens (including phenoxy) is 1. The van der Waals surface area contributed by atoms with Gasteiger partial charge >= 0.3 is 11.6 Å². The third kappa shape index (κ3) is 3.84.